The number of fused-ring (bicyclic) bond motifs is 2. The monoisotopic (exact) mass is 290 g/mol. The van der Waals surface area contributed by atoms with Gasteiger partial charge in [0.25, 0.3) is 0 Å². The number of nitrogen functional groups attached to an aromatic ring is 1. The number of thiazole rings is 1. The topological polar surface area (TPSA) is 38.9 Å². The second-order valence-electron chi connectivity index (χ2n) is 5.28. The number of nitrogens with two attached hydrogens (primary N) is 1. The van der Waals surface area contributed by atoms with Crippen LogP contribution in [0.2, 0.25) is 0 Å². The molecule has 4 rings (SSSR count). The minimum absolute atomic E-state index is 0.782. The molecule has 2 N–H and O–H groups in total. The van der Waals surface area contributed by atoms with Gasteiger partial charge in [-0.25, -0.2) is 4.98 Å². The van der Waals surface area contributed by atoms with Gasteiger partial charge in [-0.2, -0.15) is 0 Å². The molecule has 1 heterocycles. The average Bonchev–Trinajstić information content (AvgIpc) is 2.89. The van der Waals surface area contributed by atoms with Gasteiger partial charge < -0.3 is 5.73 Å². The molecule has 0 saturated carbocycles. The Kier molecular flexibility index (Phi) is 2.69. The van der Waals surface area contributed by atoms with E-state index in [2.05, 4.69) is 43.3 Å². The number of anilines is 1. The highest BCUT2D eigenvalue weighted by molar-refractivity contribution is 7.21. The SMILES string of the molecule is Cc1ccc2sc(-c3cc4ccccc4cc3N)nc2c1. The average molecular weight is 290 g/mol. The molecule has 102 valence electrons. The van der Waals surface area contributed by atoms with Crippen LogP contribution in [0.15, 0.2) is 54.6 Å². The number of aryl methyl sites for hydroxylation is 1. The zero-order chi connectivity index (χ0) is 14.4. The first-order valence-corrected chi connectivity index (χ1v) is 7.68. The first-order valence-electron chi connectivity index (χ1n) is 6.86. The van der Waals surface area contributed by atoms with E-state index in [9.17, 15) is 0 Å². The molecular weight excluding hydrogens is 276 g/mol. The van der Waals surface area contributed by atoms with E-state index in [1.54, 1.807) is 11.3 Å². The maximum Gasteiger partial charge on any atom is 0.126 e. The lowest BCUT2D eigenvalue weighted by Gasteiger charge is -2.05. The van der Waals surface area contributed by atoms with Gasteiger partial charge in [-0.15, -0.1) is 11.3 Å². The highest BCUT2D eigenvalue weighted by Gasteiger charge is 2.10. The second kappa shape index (κ2) is 4.57. The largest absolute Gasteiger partial charge is 0.398 e. The predicted molar refractivity (Wildman–Crippen MR) is 91.7 cm³/mol. The molecule has 3 aromatic carbocycles. The van der Waals surface area contributed by atoms with E-state index in [-0.39, 0.29) is 0 Å². The standard InChI is InChI=1S/C18H14N2S/c1-11-6-7-17-16(8-11)20-18(21-17)14-9-12-4-2-3-5-13(12)10-15(14)19/h2-10H,19H2,1H3. The maximum absolute atomic E-state index is 6.24. The van der Waals surface area contributed by atoms with Crippen LogP contribution in [-0.2, 0) is 0 Å². The van der Waals surface area contributed by atoms with Gasteiger partial charge >= 0.3 is 0 Å². The van der Waals surface area contributed by atoms with E-state index in [1.165, 1.54) is 15.6 Å². The highest BCUT2D eigenvalue weighted by atomic mass is 32.1. The Morgan fingerprint density at radius 1 is 0.952 bits per heavy atom. The molecule has 0 bridgehead atoms. The quantitative estimate of drug-likeness (QED) is 0.501. The third-order valence-electron chi connectivity index (χ3n) is 3.69. The van der Waals surface area contributed by atoms with Crippen molar-refractivity contribution in [2.45, 2.75) is 6.92 Å². The van der Waals surface area contributed by atoms with Crippen molar-refractivity contribution in [3.63, 3.8) is 0 Å². The molecule has 0 fully saturated rings. The fraction of sp³-hybridized carbons (Fsp3) is 0.0556. The van der Waals surface area contributed by atoms with Crippen molar-refractivity contribution in [3.8, 4) is 10.6 Å². The van der Waals surface area contributed by atoms with E-state index < -0.39 is 0 Å². The lowest BCUT2D eigenvalue weighted by atomic mass is 10.1. The summed E-state index contributed by atoms with van der Waals surface area (Å²) < 4.78 is 1.20. The Morgan fingerprint density at radius 3 is 2.52 bits per heavy atom. The molecule has 0 atom stereocenters. The summed E-state index contributed by atoms with van der Waals surface area (Å²) in [5.41, 5.74) is 10.3. The van der Waals surface area contributed by atoms with Gasteiger partial charge in [0, 0.05) is 11.3 Å². The number of nitrogens with zero attached hydrogens (tertiary/aromatic N) is 1. The van der Waals surface area contributed by atoms with Gasteiger partial charge in [0.2, 0.25) is 0 Å². The van der Waals surface area contributed by atoms with E-state index in [0.717, 1.165) is 27.2 Å². The van der Waals surface area contributed by atoms with Gasteiger partial charge in [0.15, 0.2) is 0 Å². The van der Waals surface area contributed by atoms with Crippen molar-refractivity contribution in [3.05, 3.63) is 60.2 Å². The Labute approximate surface area is 126 Å². The molecule has 21 heavy (non-hydrogen) atoms. The molecule has 0 aliphatic heterocycles. The summed E-state index contributed by atoms with van der Waals surface area (Å²) in [6.07, 6.45) is 0. The molecule has 0 aliphatic rings. The van der Waals surface area contributed by atoms with Crippen LogP contribution in [0.3, 0.4) is 0 Å². The zero-order valence-corrected chi connectivity index (χ0v) is 12.4. The summed E-state index contributed by atoms with van der Waals surface area (Å²) >= 11 is 1.69. The first-order chi connectivity index (χ1) is 10.2. The number of benzene rings is 3. The number of aromatic nitrogens is 1. The van der Waals surface area contributed by atoms with Gasteiger partial charge in [-0.05, 0) is 47.5 Å². The summed E-state index contributed by atoms with van der Waals surface area (Å²) in [6, 6.07) is 18.8. The third kappa shape index (κ3) is 2.06. The number of rotatable bonds is 1. The fourth-order valence-corrected chi connectivity index (χ4v) is 3.58. The van der Waals surface area contributed by atoms with E-state index in [1.807, 2.05) is 18.2 Å². The highest BCUT2D eigenvalue weighted by Crippen LogP contribution is 2.35. The summed E-state index contributed by atoms with van der Waals surface area (Å²) in [6.45, 7) is 2.09. The van der Waals surface area contributed by atoms with Crippen LogP contribution >= 0.6 is 11.3 Å². The first kappa shape index (κ1) is 12.4. The molecule has 4 aromatic rings. The lowest BCUT2D eigenvalue weighted by molar-refractivity contribution is 1.44. The number of hydrogen-bond acceptors (Lipinski definition) is 3. The van der Waals surface area contributed by atoms with Crippen molar-refractivity contribution in [1.29, 1.82) is 0 Å². The van der Waals surface area contributed by atoms with Crippen LogP contribution in [0.25, 0.3) is 31.6 Å². The summed E-state index contributed by atoms with van der Waals surface area (Å²) in [4.78, 5) is 4.75. The van der Waals surface area contributed by atoms with E-state index in [0.29, 0.717) is 0 Å². The molecule has 0 radical (unpaired) electrons. The third-order valence-corrected chi connectivity index (χ3v) is 4.76. The van der Waals surface area contributed by atoms with Crippen molar-refractivity contribution in [1.82, 2.24) is 4.98 Å². The van der Waals surface area contributed by atoms with Gasteiger partial charge in [-0.3, -0.25) is 0 Å². The molecule has 3 heteroatoms. The minimum atomic E-state index is 0.782. The predicted octanol–water partition coefficient (Wildman–Crippen LogP) is 5.01. The molecule has 0 unspecified atom stereocenters. The summed E-state index contributed by atoms with van der Waals surface area (Å²) in [5.74, 6) is 0. The summed E-state index contributed by atoms with van der Waals surface area (Å²) in [5, 5.41) is 3.34. The maximum atomic E-state index is 6.24. The Hall–Kier alpha value is -2.39. The van der Waals surface area contributed by atoms with Crippen LogP contribution in [-0.4, -0.2) is 4.98 Å². The molecule has 0 spiro atoms. The summed E-state index contributed by atoms with van der Waals surface area (Å²) in [7, 11) is 0. The molecule has 0 aliphatic carbocycles. The van der Waals surface area contributed by atoms with Crippen LogP contribution in [0, 0.1) is 6.92 Å². The van der Waals surface area contributed by atoms with Crippen molar-refractivity contribution in [2.75, 3.05) is 5.73 Å². The molecule has 1 aromatic heterocycles. The van der Waals surface area contributed by atoms with Gasteiger partial charge in [-0.1, -0.05) is 30.3 Å². The lowest BCUT2D eigenvalue weighted by Crippen LogP contribution is -1.90. The van der Waals surface area contributed by atoms with Crippen molar-refractivity contribution >= 4 is 38.0 Å². The van der Waals surface area contributed by atoms with E-state index >= 15 is 0 Å². The zero-order valence-electron chi connectivity index (χ0n) is 11.6. The second-order valence-corrected chi connectivity index (χ2v) is 6.31. The van der Waals surface area contributed by atoms with Crippen LogP contribution in [0.1, 0.15) is 5.56 Å². The fourth-order valence-electron chi connectivity index (χ4n) is 2.60. The van der Waals surface area contributed by atoms with Crippen molar-refractivity contribution in [2.24, 2.45) is 0 Å². The van der Waals surface area contributed by atoms with Gasteiger partial charge in [0.05, 0.1) is 10.2 Å². The van der Waals surface area contributed by atoms with E-state index in [4.69, 9.17) is 10.7 Å². The molecule has 0 amide bonds. The van der Waals surface area contributed by atoms with Gasteiger partial charge in [0.1, 0.15) is 5.01 Å². The Morgan fingerprint density at radius 2 is 1.71 bits per heavy atom. The van der Waals surface area contributed by atoms with Crippen LogP contribution in [0.5, 0.6) is 0 Å². The normalized spacial score (nSPS) is 11.3. The number of hydrogen-bond donors (Lipinski definition) is 1. The van der Waals surface area contributed by atoms with Crippen molar-refractivity contribution < 1.29 is 0 Å². The van der Waals surface area contributed by atoms with Crippen LogP contribution in [0.4, 0.5) is 5.69 Å². The molecule has 2 nitrogen and oxygen atoms in total. The molecular formula is C18H14N2S. The Bertz CT molecular complexity index is 969. The Balaban J connectivity index is 1.96. The smallest absolute Gasteiger partial charge is 0.126 e. The van der Waals surface area contributed by atoms with Crippen LogP contribution < -0.4 is 5.73 Å². The molecule has 0 saturated heterocycles. The minimum Gasteiger partial charge on any atom is -0.398 e.